The zero-order valence-electron chi connectivity index (χ0n) is 9.00. The molecule has 86 valence electrons. The molecule has 0 saturated heterocycles. The Bertz CT molecular complexity index is 492. The average Bonchev–Trinajstić information content (AvgIpc) is 2.84. The molecule has 0 radical (unpaired) electrons. The smallest absolute Gasteiger partial charge is 0.149 e. The molecule has 0 aliphatic heterocycles. The minimum absolute atomic E-state index is 0.568. The molecule has 0 spiro atoms. The van der Waals surface area contributed by atoms with Crippen molar-refractivity contribution in [1.82, 2.24) is 24.8 Å². The maximum absolute atomic E-state index is 10.1. The largest absolute Gasteiger partial charge is 0.382 e. The van der Waals surface area contributed by atoms with E-state index in [4.69, 9.17) is 0 Å². The van der Waals surface area contributed by atoms with Crippen LogP contribution in [0, 0.1) is 3.70 Å². The number of aryl methyl sites for hydroxylation is 2. The molecule has 0 fully saturated rings. The number of aliphatic hydroxyl groups excluding tert-OH is 1. The molecule has 1 unspecified atom stereocenters. The van der Waals surface area contributed by atoms with E-state index in [0.717, 1.165) is 12.1 Å². The summed E-state index contributed by atoms with van der Waals surface area (Å²) in [5, 5.41) is 22.5. The molecule has 6 nitrogen and oxygen atoms in total. The molecule has 0 aromatic carbocycles. The van der Waals surface area contributed by atoms with Crippen LogP contribution in [-0.4, -0.2) is 29.9 Å². The molecule has 16 heavy (non-hydrogen) atoms. The van der Waals surface area contributed by atoms with Gasteiger partial charge in [0.1, 0.15) is 15.5 Å². The van der Waals surface area contributed by atoms with Crippen molar-refractivity contribution in [2.75, 3.05) is 0 Å². The van der Waals surface area contributed by atoms with E-state index in [1.807, 2.05) is 13.1 Å². The molecule has 2 heterocycles. The van der Waals surface area contributed by atoms with Crippen LogP contribution in [0.5, 0.6) is 0 Å². The first-order chi connectivity index (χ1) is 7.61. The van der Waals surface area contributed by atoms with Gasteiger partial charge in [0.15, 0.2) is 0 Å². The number of nitrogens with zero attached hydrogens (tertiary/aromatic N) is 5. The number of halogens is 1. The molecule has 0 aliphatic rings. The summed E-state index contributed by atoms with van der Waals surface area (Å²) in [6.45, 7) is 2.78. The van der Waals surface area contributed by atoms with Gasteiger partial charge in [-0.05, 0) is 29.5 Å². The lowest BCUT2D eigenvalue weighted by atomic mass is 10.1. The normalized spacial score (nSPS) is 13.0. The van der Waals surface area contributed by atoms with Crippen LogP contribution < -0.4 is 0 Å². The third kappa shape index (κ3) is 2.09. The van der Waals surface area contributed by atoms with E-state index in [1.54, 1.807) is 17.9 Å². The summed E-state index contributed by atoms with van der Waals surface area (Å²) in [5.41, 5.74) is 1.30. The van der Waals surface area contributed by atoms with Crippen molar-refractivity contribution >= 4 is 22.6 Å². The highest BCUT2D eigenvalue weighted by molar-refractivity contribution is 14.1. The Morgan fingerprint density at radius 2 is 2.25 bits per heavy atom. The van der Waals surface area contributed by atoms with Gasteiger partial charge >= 0.3 is 0 Å². The summed E-state index contributed by atoms with van der Waals surface area (Å²) in [5.74, 6) is 0. The zero-order chi connectivity index (χ0) is 11.7. The highest BCUT2D eigenvalue weighted by Crippen LogP contribution is 2.22. The highest BCUT2D eigenvalue weighted by atomic mass is 127. The van der Waals surface area contributed by atoms with Crippen LogP contribution in [-0.2, 0) is 13.6 Å². The molecule has 7 heteroatoms. The maximum Gasteiger partial charge on any atom is 0.149 e. The van der Waals surface area contributed by atoms with Gasteiger partial charge in [0.05, 0.1) is 6.20 Å². The highest BCUT2D eigenvalue weighted by Gasteiger charge is 2.19. The Hall–Kier alpha value is -0.960. The summed E-state index contributed by atoms with van der Waals surface area (Å²) >= 11 is 2.06. The van der Waals surface area contributed by atoms with Crippen LogP contribution in [0.2, 0.25) is 0 Å². The van der Waals surface area contributed by atoms with Gasteiger partial charge in [0.2, 0.25) is 0 Å². The Morgan fingerprint density at radius 1 is 1.50 bits per heavy atom. The van der Waals surface area contributed by atoms with E-state index in [-0.39, 0.29) is 0 Å². The van der Waals surface area contributed by atoms with Crippen LogP contribution in [0.1, 0.15) is 24.3 Å². The molecule has 0 aliphatic carbocycles. The average molecular weight is 333 g/mol. The summed E-state index contributed by atoms with van der Waals surface area (Å²) in [4.78, 5) is 1.45. The molecule has 2 aromatic heterocycles. The van der Waals surface area contributed by atoms with E-state index in [0.29, 0.717) is 9.39 Å². The van der Waals surface area contributed by atoms with Gasteiger partial charge in [-0.15, -0.1) is 5.10 Å². The minimum atomic E-state index is -0.763. The lowest BCUT2D eigenvalue weighted by molar-refractivity contribution is 0.213. The number of aliphatic hydroxyl groups is 1. The molecule has 0 bridgehead atoms. The maximum atomic E-state index is 10.1. The van der Waals surface area contributed by atoms with Crippen molar-refractivity contribution in [2.45, 2.75) is 19.6 Å². The first-order valence-corrected chi connectivity index (χ1v) is 5.96. The van der Waals surface area contributed by atoms with Crippen molar-refractivity contribution in [1.29, 1.82) is 0 Å². The second-order valence-electron chi connectivity index (χ2n) is 3.40. The van der Waals surface area contributed by atoms with Gasteiger partial charge < -0.3 is 5.11 Å². The topological polar surface area (TPSA) is 68.8 Å². The first-order valence-electron chi connectivity index (χ1n) is 4.89. The summed E-state index contributed by atoms with van der Waals surface area (Å²) < 4.78 is 2.47. The fourth-order valence-electron chi connectivity index (χ4n) is 1.42. The summed E-state index contributed by atoms with van der Waals surface area (Å²) in [7, 11) is 1.73. The molecule has 0 amide bonds. The first kappa shape index (κ1) is 11.5. The van der Waals surface area contributed by atoms with E-state index in [9.17, 15) is 5.11 Å². The Labute approximate surface area is 106 Å². The van der Waals surface area contributed by atoms with Crippen LogP contribution in [0.4, 0.5) is 0 Å². The van der Waals surface area contributed by atoms with Crippen LogP contribution in [0.25, 0.3) is 0 Å². The number of rotatable bonds is 3. The van der Waals surface area contributed by atoms with Gasteiger partial charge in [-0.3, -0.25) is 4.68 Å². The number of hydrogen-bond acceptors (Lipinski definition) is 4. The molecule has 1 atom stereocenters. The quantitative estimate of drug-likeness (QED) is 0.841. The fraction of sp³-hybridized carbons (Fsp3) is 0.444. The minimum Gasteiger partial charge on any atom is -0.382 e. The molecular formula is C9H12IN5O. The second-order valence-corrected chi connectivity index (χ2v) is 4.42. The third-order valence-corrected chi connectivity index (χ3v) is 3.02. The van der Waals surface area contributed by atoms with Gasteiger partial charge in [0.25, 0.3) is 0 Å². The summed E-state index contributed by atoms with van der Waals surface area (Å²) in [6, 6.07) is 0. The molecule has 2 aromatic rings. The van der Waals surface area contributed by atoms with E-state index in [2.05, 4.69) is 37.9 Å². The van der Waals surface area contributed by atoms with Crippen LogP contribution in [0.15, 0.2) is 12.4 Å². The molecule has 0 saturated carbocycles. The van der Waals surface area contributed by atoms with E-state index in [1.165, 1.54) is 4.80 Å². The monoisotopic (exact) mass is 333 g/mol. The number of hydrogen-bond donors (Lipinski definition) is 1. The van der Waals surface area contributed by atoms with E-state index >= 15 is 0 Å². The predicted octanol–water partition coefficient (Wildman–Crippen LogP) is 0.718. The fourth-order valence-corrected chi connectivity index (χ4v) is 2.13. The van der Waals surface area contributed by atoms with Crippen molar-refractivity contribution in [2.24, 2.45) is 7.05 Å². The molecule has 2 rings (SSSR count). The van der Waals surface area contributed by atoms with Crippen molar-refractivity contribution in [3.63, 3.8) is 0 Å². The Kier molecular flexibility index (Phi) is 3.24. The van der Waals surface area contributed by atoms with Crippen LogP contribution in [0.3, 0.4) is 0 Å². The molecule has 1 N–H and O–H groups in total. The van der Waals surface area contributed by atoms with Gasteiger partial charge in [-0.2, -0.15) is 15.0 Å². The van der Waals surface area contributed by atoms with Crippen LogP contribution >= 0.6 is 22.6 Å². The SMILES string of the molecule is CCn1cc(C(O)c2nn(C)nc2I)cn1. The summed E-state index contributed by atoms with van der Waals surface area (Å²) in [6.07, 6.45) is 2.70. The van der Waals surface area contributed by atoms with Gasteiger partial charge in [0, 0.05) is 25.4 Å². The van der Waals surface area contributed by atoms with E-state index < -0.39 is 6.10 Å². The van der Waals surface area contributed by atoms with Gasteiger partial charge in [-0.1, -0.05) is 0 Å². The zero-order valence-corrected chi connectivity index (χ0v) is 11.2. The predicted molar refractivity (Wildman–Crippen MR) is 65.7 cm³/mol. The van der Waals surface area contributed by atoms with Crippen molar-refractivity contribution in [3.05, 3.63) is 27.4 Å². The Morgan fingerprint density at radius 3 is 2.75 bits per heavy atom. The molecular weight excluding hydrogens is 321 g/mol. The lowest BCUT2D eigenvalue weighted by Gasteiger charge is -2.03. The van der Waals surface area contributed by atoms with Crippen molar-refractivity contribution in [3.8, 4) is 0 Å². The number of aromatic nitrogens is 5. The lowest BCUT2D eigenvalue weighted by Crippen LogP contribution is -2.02. The van der Waals surface area contributed by atoms with Crippen molar-refractivity contribution < 1.29 is 5.11 Å². The Balaban J connectivity index is 2.31. The third-order valence-electron chi connectivity index (χ3n) is 2.25. The van der Waals surface area contributed by atoms with Gasteiger partial charge in [-0.25, -0.2) is 0 Å². The standard InChI is InChI=1S/C9H12IN5O/c1-3-15-5-6(4-11-15)8(16)7-9(10)13-14(2)12-7/h4-5,8,16H,3H2,1-2H3. The second kappa shape index (κ2) is 4.50.